The summed E-state index contributed by atoms with van der Waals surface area (Å²) in [6, 6.07) is 8.90. The Morgan fingerprint density at radius 1 is 1.30 bits per heavy atom. The molecular weight excluding hydrogens is 344 g/mol. The number of carbonyl (C=O) groups is 1. The van der Waals surface area contributed by atoms with E-state index >= 15 is 0 Å². The van der Waals surface area contributed by atoms with E-state index in [-0.39, 0.29) is 17.4 Å². The molecule has 1 aliphatic rings. The number of aromatic amines is 1. The number of hydrogen-bond donors (Lipinski definition) is 2. The Morgan fingerprint density at radius 2 is 2.07 bits per heavy atom. The summed E-state index contributed by atoms with van der Waals surface area (Å²) in [5, 5.41) is 9.57. The van der Waals surface area contributed by atoms with E-state index in [1.54, 1.807) is 13.2 Å². The minimum absolute atomic E-state index is 0.0260. The lowest BCUT2D eigenvalue weighted by Gasteiger charge is -2.31. The molecule has 144 valence electrons. The third kappa shape index (κ3) is 5.02. The molecule has 2 aromatic rings. The van der Waals surface area contributed by atoms with Crippen molar-refractivity contribution in [3.8, 4) is 11.3 Å². The van der Waals surface area contributed by atoms with Gasteiger partial charge >= 0.3 is 0 Å². The molecule has 0 radical (unpaired) electrons. The molecule has 2 N–H and O–H groups in total. The zero-order valence-corrected chi connectivity index (χ0v) is 15.8. The summed E-state index contributed by atoms with van der Waals surface area (Å²) in [5.74, 6) is 0.0918. The zero-order valence-electron chi connectivity index (χ0n) is 15.8. The van der Waals surface area contributed by atoms with Crippen molar-refractivity contribution in [1.82, 2.24) is 15.1 Å². The lowest BCUT2D eigenvalue weighted by atomic mass is 9.95. The molecule has 1 amide bonds. The number of benzene rings is 1. The first-order chi connectivity index (χ1) is 13.1. The van der Waals surface area contributed by atoms with Crippen LogP contribution in [0.4, 0.5) is 5.69 Å². The maximum Gasteiger partial charge on any atom is 0.264 e. The highest BCUT2D eigenvalue weighted by Crippen LogP contribution is 2.25. The maximum atomic E-state index is 12.7. The number of aromatic nitrogens is 2. The number of methoxy groups -OCH3 is 1. The monoisotopic (exact) mass is 370 g/mol. The molecule has 3 rings (SSSR count). The van der Waals surface area contributed by atoms with Gasteiger partial charge in [0.2, 0.25) is 5.91 Å². The Labute approximate surface area is 158 Å². The van der Waals surface area contributed by atoms with Crippen LogP contribution < -0.4 is 10.9 Å². The Hall–Kier alpha value is -2.51. The van der Waals surface area contributed by atoms with Crippen LogP contribution in [0, 0.1) is 12.8 Å². The molecule has 1 aromatic heterocycles. The lowest BCUT2D eigenvalue weighted by Crippen LogP contribution is -2.39. The van der Waals surface area contributed by atoms with Crippen molar-refractivity contribution in [3.05, 3.63) is 46.2 Å². The van der Waals surface area contributed by atoms with Crippen molar-refractivity contribution in [2.24, 2.45) is 5.92 Å². The number of aryl methyl sites for hydroxylation is 1. The summed E-state index contributed by atoms with van der Waals surface area (Å²) in [6.07, 6.45) is 1.71. The van der Waals surface area contributed by atoms with E-state index in [1.165, 1.54) is 6.07 Å². The Balaban J connectivity index is 1.65. The first kappa shape index (κ1) is 19.3. The van der Waals surface area contributed by atoms with Gasteiger partial charge in [-0.3, -0.25) is 9.59 Å². The molecule has 2 heterocycles. The second kappa shape index (κ2) is 8.92. The van der Waals surface area contributed by atoms with Crippen LogP contribution >= 0.6 is 0 Å². The van der Waals surface area contributed by atoms with Crippen LogP contribution in [0.1, 0.15) is 18.4 Å². The highest BCUT2D eigenvalue weighted by Gasteiger charge is 2.25. The number of anilines is 1. The summed E-state index contributed by atoms with van der Waals surface area (Å²) < 4.78 is 5.12. The van der Waals surface area contributed by atoms with Crippen LogP contribution in [-0.2, 0) is 9.53 Å². The van der Waals surface area contributed by atoms with Crippen molar-refractivity contribution in [2.45, 2.75) is 19.8 Å². The summed E-state index contributed by atoms with van der Waals surface area (Å²) in [5.41, 5.74) is 3.05. The third-order valence-corrected chi connectivity index (χ3v) is 5.04. The van der Waals surface area contributed by atoms with Gasteiger partial charge in [-0.05, 0) is 50.6 Å². The van der Waals surface area contributed by atoms with E-state index in [4.69, 9.17) is 4.74 Å². The zero-order chi connectivity index (χ0) is 19.2. The molecule has 1 saturated heterocycles. The quantitative estimate of drug-likeness (QED) is 0.813. The van der Waals surface area contributed by atoms with Crippen LogP contribution in [0.25, 0.3) is 11.3 Å². The predicted molar refractivity (Wildman–Crippen MR) is 105 cm³/mol. The van der Waals surface area contributed by atoms with Crippen molar-refractivity contribution < 1.29 is 9.53 Å². The largest absolute Gasteiger partial charge is 0.383 e. The van der Waals surface area contributed by atoms with E-state index in [9.17, 15) is 9.59 Å². The second-order valence-electron chi connectivity index (χ2n) is 6.93. The van der Waals surface area contributed by atoms with Crippen molar-refractivity contribution in [2.75, 3.05) is 38.7 Å². The Kier molecular flexibility index (Phi) is 6.36. The number of nitrogens with zero attached hydrogens (tertiary/aromatic N) is 2. The lowest BCUT2D eigenvalue weighted by molar-refractivity contribution is -0.121. The number of piperidine rings is 1. The van der Waals surface area contributed by atoms with E-state index in [0.29, 0.717) is 5.69 Å². The molecule has 0 aliphatic carbocycles. The summed E-state index contributed by atoms with van der Waals surface area (Å²) >= 11 is 0. The van der Waals surface area contributed by atoms with Crippen LogP contribution in [0.5, 0.6) is 0 Å². The van der Waals surface area contributed by atoms with Gasteiger partial charge in [-0.2, -0.15) is 5.10 Å². The highest BCUT2D eigenvalue weighted by atomic mass is 16.5. The maximum absolute atomic E-state index is 12.7. The van der Waals surface area contributed by atoms with Crippen LogP contribution in [0.3, 0.4) is 0 Å². The highest BCUT2D eigenvalue weighted by molar-refractivity contribution is 5.94. The molecule has 1 fully saturated rings. The fourth-order valence-electron chi connectivity index (χ4n) is 3.30. The average Bonchev–Trinajstić information content (AvgIpc) is 2.69. The van der Waals surface area contributed by atoms with Crippen LogP contribution in [-0.4, -0.2) is 54.4 Å². The van der Waals surface area contributed by atoms with Crippen molar-refractivity contribution >= 4 is 11.6 Å². The van der Waals surface area contributed by atoms with E-state index in [1.807, 2.05) is 25.1 Å². The number of likely N-dealkylation sites (tertiary alicyclic amines) is 1. The fourth-order valence-corrected chi connectivity index (χ4v) is 3.30. The molecule has 1 aliphatic heterocycles. The number of nitrogens with one attached hydrogen (secondary N) is 2. The molecule has 7 heteroatoms. The Bertz CT molecular complexity index is 821. The molecule has 0 saturated carbocycles. The molecule has 0 bridgehead atoms. The topological polar surface area (TPSA) is 87.3 Å². The van der Waals surface area contributed by atoms with Gasteiger partial charge in [0, 0.05) is 36.9 Å². The normalized spacial score (nSPS) is 15.6. The van der Waals surface area contributed by atoms with E-state index in [0.717, 1.165) is 55.9 Å². The predicted octanol–water partition coefficient (Wildman–Crippen LogP) is 2.04. The standard InChI is InChI=1S/C20H26N4O3/c1-14-3-4-16(17-5-6-19(25)23-22-17)13-18(14)21-20(26)15-7-9-24(10-8-15)11-12-27-2/h3-6,13,15H,7-12H2,1-2H3,(H,21,26)(H,23,25). The smallest absolute Gasteiger partial charge is 0.264 e. The fraction of sp³-hybridized carbons (Fsp3) is 0.450. The van der Waals surface area contributed by atoms with Gasteiger partial charge in [0.15, 0.2) is 0 Å². The number of rotatable bonds is 6. The van der Waals surface area contributed by atoms with Gasteiger partial charge in [-0.25, -0.2) is 5.10 Å². The summed E-state index contributed by atoms with van der Waals surface area (Å²) in [7, 11) is 1.71. The molecular formula is C20H26N4O3. The molecule has 0 atom stereocenters. The van der Waals surface area contributed by atoms with Gasteiger partial charge in [-0.15, -0.1) is 0 Å². The van der Waals surface area contributed by atoms with Crippen molar-refractivity contribution in [3.63, 3.8) is 0 Å². The van der Waals surface area contributed by atoms with E-state index < -0.39 is 0 Å². The molecule has 0 spiro atoms. The van der Waals surface area contributed by atoms with Crippen LogP contribution in [0.2, 0.25) is 0 Å². The number of carbonyl (C=O) groups excluding carboxylic acids is 1. The molecule has 7 nitrogen and oxygen atoms in total. The minimum Gasteiger partial charge on any atom is -0.383 e. The molecule has 0 unspecified atom stereocenters. The number of H-pyrrole nitrogens is 1. The molecule has 27 heavy (non-hydrogen) atoms. The van der Waals surface area contributed by atoms with Gasteiger partial charge in [-0.1, -0.05) is 12.1 Å². The minimum atomic E-state index is -0.240. The third-order valence-electron chi connectivity index (χ3n) is 5.04. The van der Waals surface area contributed by atoms with Crippen molar-refractivity contribution in [1.29, 1.82) is 0 Å². The first-order valence-corrected chi connectivity index (χ1v) is 9.25. The van der Waals surface area contributed by atoms with Gasteiger partial charge < -0.3 is 15.0 Å². The summed E-state index contributed by atoms with van der Waals surface area (Å²) in [6.45, 7) is 5.44. The SMILES string of the molecule is COCCN1CCC(C(=O)Nc2cc(-c3ccc(=O)[nH]n3)ccc2C)CC1. The van der Waals surface area contributed by atoms with Gasteiger partial charge in [0.05, 0.1) is 12.3 Å². The molecule has 1 aromatic carbocycles. The van der Waals surface area contributed by atoms with E-state index in [2.05, 4.69) is 20.4 Å². The first-order valence-electron chi connectivity index (χ1n) is 9.25. The Morgan fingerprint density at radius 3 is 2.74 bits per heavy atom. The summed E-state index contributed by atoms with van der Waals surface area (Å²) in [4.78, 5) is 26.2. The average molecular weight is 370 g/mol. The number of hydrogen-bond acceptors (Lipinski definition) is 5. The number of amides is 1. The van der Waals surface area contributed by atoms with Gasteiger partial charge in [0.25, 0.3) is 5.56 Å². The second-order valence-corrected chi connectivity index (χ2v) is 6.93. The van der Waals surface area contributed by atoms with Gasteiger partial charge in [0.1, 0.15) is 0 Å². The number of ether oxygens (including phenoxy) is 1. The van der Waals surface area contributed by atoms with Crippen LogP contribution in [0.15, 0.2) is 35.1 Å².